The van der Waals surface area contributed by atoms with Crippen LogP contribution < -0.4 is 5.32 Å². The van der Waals surface area contributed by atoms with Gasteiger partial charge in [0, 0.05) is 16.9 Å². The molecule has 4 heteroatoms. The number of anilines is 2. The second-order valence-electron chi connectivity index (χ2n) is 4.03. The summed E-state index contributed by atoms with van der Waals surface area (Å²) < 4.78 is 0. The van der Waals surface area contributed by atoms with Gasteiger partial charge in [-0.1, -0.05) is 59.3 Å². The third kappa shape index (κ3) is 2.95. The summed E-state index contributed by atoms with van der Waals surface area (Å²) in [6.07, 6.45) is 1.88. The van der Waals surface area contributed by atoms with E-state index in [4.69, 9.17) is 11.6 Å². The first-order chi connectivity index (χ1) is 9.31. The van der Waals surface area contributed by atoms with Gasteiger partial charge in [-0.25, -0.2) is 4.98 Å². The molecule has 0 amide bonds. The summed E-state index contributed by atoms with van der Waals surface area (Å²) in [5.74, 6) is 0. The molecule has 0 radical (unpaired) electrons. The Morgan fingerprint density at radius 1 is 1.00 bits per heavy atom. The van der Waals surface area contributed by atoms with Gasteiger partial charge in [0.1, 0.15) is 0 Å². The number of hydrogen-bond acceptors (Lipinski definition) is 3. The predicted molar refractivity (Wildman–Crippen MR) is 82.3 cm³/mol. The predicted octanol–water partition coefficient (Wildman–Crippen LogP) is 5.21. The highest BCUT2D eigenvalue weighted by atomic mass is 35.5. The fourth-order valence-corrected chi connectivity index (χ4v) is 2.79. The monoisotopic (exact) mass is 286 g/mol. The minimum Gasteiger partial charge on any atom is -0.331 e. The Labute approximate surface area is 120 Å². The van der Waals surface area contributed by atoms with Gasteiger partial charge in [0.15, 0.2) is 5.13 Å². The molecular formula is C15H11ClN2S. The number of hydrogen-bond donors (Lipinski definition) is 1. The van der Waals surface area contributed by atoms with Crippen molar-refractivity contribution in [3.05, 3.63) is 65.8 Å². The molecule has 0 spiro atoms. The van der Waals surface area contributed by atoms with Gasteiger partial charge in [0.2, 0.25) is 0 Å². The normalized spacial score (nSPS) is 10.4. The van der Waals surface area contributed by atoms with E-state index in [1.807, 2.05) is 48.7 Å². The van der Waals surface area contributed by atoms with E-state index in [0.29, 0.717) is 5.02 Å². The zero-order chi connectivity index (χ0) is 13.1. The van der Waals surface area contributed by atoms with E-state index in [2.05, 4.69) is 22.4 Å². The lowest BCUT2D eigenvalue weighted by Gasteiger charge is -2.02. The second-order valence-corrected chi connectivity index (χ2v) is 5.50. The van der Waals surface area contributed by atoms with Crippen LogP contribution in [0.2, 0.25) is 5.02 Å². The maximum Gasteiger partial charge on any atom is 0.187 e. The first kappa shape index (κ1) is 12.2. The van der Waals surface area contributed by atoms with Crippen LogP contribution in [-0.4, -0.2) is 4.98 Å². The molecule has 3 aromatic rings. The summed E-state index contributed by atoms with van der Waals surface area (Å²) in [5, 5.41) is 4.83. The lowest BCUT2D eigenvalue weighted by molar-refractivity contribution is 1.39. The van der Waals surface area contributed by atoms with Gasteiger partial charge in [0.25, 0.3) is 0 Å². The van der Waals surface area contributed by atoms with Gasteiger partial charge in [-0.2, -0.15) is 0 Å². The Hall–Kier alpha value is -1.84. The van der Waals surface area contributed by atoms with Crippen molar-refractivity contribution in [3.63, 3.8) is 0 Å². The summed E-state index contributed by atoms with van der Waals surface area (Å²) in [5.41, 5.74) is 2.13. The molecule has 2 nitrogen and oxygen atoms in total. The quantitative estimate of drug-likeness (QED) is 0.715. The maximum atomic E-state index is 5.96. The summed E-state index contributed by atoms with van der Waals surface area (Å²) in [6, 6.07) is 17.8. The third-order valence-corrected chi connectivity index (χ3v) is 3.84. The van der Waals surface area contributed by atoms with Crippen molar-refractivity contribution in [2.75, 3.05) is 5.32 Å². The van der Waals surface area contributed by atoms with E-state index in [9.17, 15) is 0 Å². The fourth-order valence-electron chi connectivity index (χ4n) is 1.76. The molecule has 0 aliphatic carbocycles. The number of aromatic nitrogens is 1. The lowest BCUT2D eigenvalue weighted by atomic mass is 10.2. The van der Waals surface area contributed by atoms with E-state index in [1.165, 1.54) is 5.56 Å². The van der Waals surface area contributed by atoms with Crippen LogP contribution >= 0.6 is 22.9 Å². The topological polar surface area (TPSA) is 24.9 Å². The van der Waals surface area contributed by atoms with Gasteiger partial charge in [0.05, 0.1) is 4.88 Å². The zero-order valence-electron chi connectivity index (χ0n) is 10.0. The lowest BCUT2D eigenvalue weighted by Crippen LogP contribution is -1.87. The highest BCUT2D eigenvalue weighted by Crippen LogP contribution is 2.30. The van der Waals surface area contributed by atoms with Crippen LogP contribution in [0.15, 0.2) is 60.8 Å². The Bertz CT molecular complexity index is 679. The average Bonchev–Trinajstić information content (AvgIpc) is 2.88. The summed E-state index contributed by atoms with van der Waals surface area (Å²) >= 11 is 7.58. The van der Waals surface area contributed by atoms with Gasteiger partial charge >= 0.3 is 0 Å². The van der Waals surface area contributed by atoms with Gasteiger partial charge in [-0.3, -0.25) is 0 Å². The Kier molecular flexibility index (Phi) is 3.49. The molecule has 1 aromatic heterocycles. The minimum absolute atomic E-state index is 0.713. The summed E-state index contributed by atoms with van der Waals surface area (Å²) in [4.78, 5) is 5.53. The molecule has 0 saturated heterocycles. The van der Waals surface area contributed by atoms with E-state index in [1.54, 1.807) is 11.3 Å². The first-order valence-corrected chi connectivity index (χ1v) is 7.04. The smallest absolute Gasteiger partial charge is 0.187 e. The van der Waals surface area contributed by atoms with Gasteiger partial charge in [-0.05, 0) is 23.8 Å². The Morgan fingerprint density at radius 2 is 1.84 bits per heavy atom. The molecule has 2 aromatic carbocycles. The molecule has 0 aliphatic heterocycles. The molecule has 94 valence electrons. The van der Waals surface area contributed by atoms with Crippen molar-refractivity contribution in [2.45, 2.75) is 0 Å². The van der Waals surface area contributed by atoms with E-state index in [0.717, 1.165) is 15.7 Å². The van der Waals surface area contributed by atoms with Crippen LogP contribution in [0.5, 0.6) is 0 Å². The molecule has 1 heterocycles. The van der Waals surface area contributed by atoms with Crippen LogP contribution in [0, 0.1) is 0 Å². The molecule has 0 unspecified atom stereocenters. The SMILES string of the molecule is Clc1cccc(Nc2ncc(-c3ccccc3)s2)c1. The first-order valence-electron chi connectivity index (χ1n) is 5.85. The van der Waals surface area contributed by atoms with E-state index < -0.39 is 0 Å². The van der Waals surface area contributed by atoms with Crippen molar-refractivity contribution in [1.82, 2.24) is 4.98 Å². The standard InChI is InChI=1S/C15H11ClN2S/c16-12-7-4-8-13(9-12)18-15-17-10-14(19-15)11-5-2-1-3-6-11/h1-10H,(H,17,18). The Morgan fingerprint density at radius 3 is 2.63 bits per heavy atom. The second kappa shape index (κ2) is 5.43. The summed E-state index contributed by atoms with van der Waals surface area (Å²) in [7, 11) is 0. The number of nitrogens with one attached hydrogen (secondary N) is 1. The molecule has 0 atom stereocenters. The van der Waals surface area contributed by atoms with Crippen molar-refractivity contribution in [1.29, 1.82) is 0 Å². The van der Waals surface area contributed by atoms with E-state index >= 15 is 0 Å². The molecule has 1 N–H and O–H groups in total. The minimum atomic E-state index is 0.713. The van der Waals surface area contributed by atoms with Crippen LogP contribution in [0.25, 0.3) is 10.4 Å². The molecule has 0 aliphatic rings. The number of nitrogens with zero attached hydrogens (tertiary/aromatic N) is 1. The highest BCUT2D eigenvalue weighted by molar-refractivity contribution is 7.18. The van der Waals surface area contributed by atoms with Crippen LogP contribution in [-0.2, 0) is 0 Å². The van der Waals surface area contributed by atoms with Crippen LogP contribution in [0.3, 0.4) is 0 Å². The molecule has 0 fully saturated rings. The molecule has 0 saturated carbocycles. The van der Waals surface area contributed by atoms with Gasteiger partial charge < -0.3 is 5.32 Å². The Balaban J connectivity index is 1.82. The maximum absolute atomic E-state index is 5.96. The van der Waals surface area contributed by atoms with E-state index in [-0.39, 0.29) is 0 Å². The van der Waals surface area contributed by atoms with Crippen molar-refractivity contribution >= 4 is 33.8 Å². The van der Waals surface area contributed by atoms with Crippen LogP contribution in [0.4, 0.5) is 10.8 Å². The number of benzene rings is 2. The molecule has 0 bridgehead atoms. The summed E-state index contributed by atoms with van der Waals surface area (Å²) in [6.45, 7) is 0. The van der Waals surface area contributed by atoms with Crippen molar-refractivity contribution in [2.24, 2.45) is 0 Å². The number of rotatable bonds is 3. The largest absolute Gasteiger partial charge is 0.331 e. The van der Waals surface area contributed by atoms with Gasteiger partial charge in [-0.15, -0.1) is 0 Å². The van der Waals surface area contributed by atoms with Crippen molar-refractivity contribution in [3.8, 4) is 10.4 Å². The number of thiazole rings is 1. The molecule has 3 rings (SSSR count). The average molecular weight is 287 g/mol. The number of halogens is 1. The molecule has 19 heavy (non-hydrogen) atoms. The molecular weight excluding hydrogens is 276 g/mol. The highest BCUT2D eigenvalue weighted by Gasteiger charge is 2.04. The third-order valence-electron chi connectivity index (χ3n) is 2.64. The fraction of sp³-hybridized carbons (Fsp3) is 0. The zero-order valence-corrected chi connectivity index (χ0v) is 11.6. The van der Waals surface area contributed by atoms with Crippen LogP contribution in [0.1, 0.15) is 0 Å². The van der Waals surface area contributed by atoms with Crippen molar-refractivity contribution < 1.29 is 0 Å².